The van der Waals surface area contributed by atoms with Crippen molar-refractivity contribution in [2.45, 2.75) is 18.8 Å². The Labute approximate surface area is 106 Å². The van der Waals surface area contributed by atoms with Crippen LogP contribution in [0.2, 0.25) is 0 Å². The Morgan fingerprint density at radius 1 is 0.944 bits per heavy atom. The molecule has 1 spiro atoms. The van der Waals surface area contributed by atoms with E-state index in [4.69, 9.17) is 9.47 Å². The van der Waals surface area contributed by atoms with E-state index < -0.39 is 5.79 Å². The Morgan fingerprint density at radius 2 is 1.50 bits per heavy atom. The molecule has 18 heavy (non-hydrogen) atoms. The largest absolute Gasteiger partial charge is 0.339 e. The van der Waals surface area contributed by atoms with Crippen LogP contribution in [0.4, 0.5) is 0 Å². The number of benzene rings is 2. The van der Waals surface area contributed by atoms with Gasteiger partial charge in [0.05, 0.1) is 12.7 Å². The molecule has 2 nitrogen and oxygen atoms in total. The summed E-state index contributed by atoms with van der Waals surface area (Å²) in [5.41, 5.74) is 4.72. The van der Waals surface area contributed by atoms with E-state index in [2.05, 4.69) is 43.3 Å². The summed E-state index contributed by atoms with van der Waals surface area (Å²) in [5.74, 6) is -0.674. The van der Waals surface area contributed by atoms with Crippen molar-refractivity contribution in [2.24, 2.45) is 0 Å². The molecular weight excluding hydrogens is 224 g/mol. The molecule has 0 aromatic heterocycles. The molecule has 1 fully saturated rings. The third kappa shape index (κ3) is 1.14. The van der Waals surface area contributed by atoms with Gasteiger partial charge >= 0.3 is 0 Å². The van der Waals surface area contributed by atoms with Crippen molar-refractivity contribution < 1.29 is 9.47 Å². The minimum absolute atomic E-state index is 0.129. The van der Waals surface area contributed by atoms with Gasteiger partial charge in [0, 0.05) is 11.1 Å². The molecule has 1 atom stereocenters. The summed E-state index contributed by atoms with van der Waals surface area (Å²) in [6.45, 7) is 2.70. The summed E-state index contributed by atoms with van der Waals surface area (Å²) in [5, 5.41) is 0. The molecule has 1 heterocycles. The summed E-state index contributed by atoms with van der Waals surface area (Å²) in [6.07, 6.45) is 0.129. The molecule has 1 aliphatic carbocycles. The van der Waals surface area contributed by atoms with E-state index in [-0.39, 0.29) is 6.10 Å². The van der Waals surface area contributed by atoms with Crippen LogP contribution in [0.5, 0.6) is 0 Å². The summed E-state index contributed by atoms with van der Waals surface area (Å²) in [7, 11) is 0. The van der Waals surface area contributed by atoms with Gasteiger partial charge in [-0.3, -0.25) is 0 Å². The van der Waals surface area contributed by atoms with Gasteiger partial charge in [0.25, 0.3) is 0 Å². The summed E-state index contributed by atoms with van der Waals surface area (Å²) >= 11 is 0. The molecule has 1 saturated heterocycles. The monoisotopic (exact) mass is 238 g/mol. The summed E-state index contributed by atoms with van der Waals surface area (Å²) in [6, 6.07) is 16.7. The third-order valence-corrected chi connectivity index (χ3v) is 3.74. The highest BCUT2D eigenvalue weighted by Gasteiger charge is 2.50. The fourth-order valence-electron chi connectivity index (χ4n) is 3.02. The van der Waals surface area contributed by atoms with Gasteiger partial charge in [-0.15, -0.1) is 0 Å². The van der Waals surface area contributed by atoms with Gasteiger partial charge in [-0.05, 0) is 18.1 Å². The van der Waals surface area contributed by atoms with E-state index in [1.54, 1.807) is 0 Å². The Kier molecular flexibility index (Phi) is 1.97. The van der Waals surface area contributed by atoms with Crippen molar-refractivity contribution in [1.82, 2.24) is 0 Å². The molecule has 0 amide bonds. The molecule has 0 saturated carbocycles. The highest BCUT2D eigenvalue weighted by Crippen LogP contribution is 2.52. The minimum Gasteiger partial charge on any atom is -0.339 e. The van der Waals surface area contributed by atoms with Gasteiger partial charge < -0.3 is 9.47 Å². The lowest BCUT2D eigenvalue weighted by Gasteiger charge is -2.25. The fraction of sp³-hybridized carbons (Fsp3) is 0.250. The van der Waals surface area contributed by atoms with E-state index >= 15 is 0 Å². The predicted molar refractivity (Wildman–Crippen MR) is 69.2 cm³/mol. The lowest BCUT2D eigenvalue weighted by atomic mass is 10.0. The van der Waals surface area contributed by atoms with E-state index in [1.165, 1.54) is 11.1 Å². The average molecular weight is 238 g/mol. The first-order valence-electron chi connectivity index (χ1n) is 6.32. The predicted octanol–water partition coefficient (Wildman–Crippen LogP) is 3.30. The van der Waals surface area contributed by atoms with Gasteiger partial charge in [0.2, 0.25) is 5.79 Å². The van der Waals surface area contributed by atoms with Crippen LogP contribution in [-0.2, 0) is 15.3 Å². The quantitative estimate of drug-likeness (QED) is 0.701. The van der Waals surface area contributed by atoms with Crippen LogP contribution in [-0.4, -0.2) is 12.7 Å². The second kappa shape index (κ2) is 3.44. The van der Waals surface area contributed by atoms with Gasteiger partial charge in [0.1, 0.15) is 0 Å². The molecule has 0 unspecified atom stereocenters. The molecule has 0 radical (unpaired) electrons. The maximum atomic E-state index is 6.14. The molecule has 2 aromatic rings. The standard InChI is InChI=1S/C16H14O2/c1-11-10-17-16(18-11)14-8-4-2-6-12(14)13-7-3-5-9-15(13)16/h2-9,11H,10H2,1H3/t11-/m0/s1. The lowest BCUT2D eigenvalue weighted by Crippen LogP contribution is -2.26. The SMILES string of the molecule is C[C@H]1COC2(O1)c1ccccc1-c1ccccc12. The zero-order valence-corrected chi connectivity index (χ0v) is 10.2. The minimum atomic E-state index is -0.674. The van der Waals surface area contributed by atoms with Crippen LogP contribution in [0.15, 0.2) is 48.5 Å². The van der Waals surface area contributed by atoms with Gasteiger partial charge in [-0.25, -0.2) is 0 Å². The Bertz CT molecular complexity index is 572. The summed E-state index contributed by atoms with van der Waals surface area (Å²) < 4.78 is 12.2. The Balaban J connectivity index is 2.04. The van der Waals surface area contributed by atoms with Crippen molar-refractivity contribution >= 4 is 0 Å². The van der Waals surface area contributed by atoms with Gasteiger partial charge in [0.15, 0.2) is 0 Å². The summed E-state index contributed by atoms with van der Waals surface area (Å²) in [4.78, 5) is 0. The number of hydrogen-bond donors (Lipinski definition) is 0. The molecule has 2 aliphatic rings. The lowest BCUT2D eigenvalue weighted by molar-refractivity contribution is -0.137. The maximum absolute atomic E-state index is 6.14. The zero-order chi connectivity index (χ0) is 12.2. The second-order valence-electron chi connectivity index (χ2n) is 4.95. The topological polar surface area (TPSA) is 18.5 Å². The van der Waals surface area contributed by atoms with Crippen LogP contribution >= 0.6 is 0 Å². The highest BCUT2D eigenvalue weighted by molar-refractivity contribution is 5.79. The number of fused-ring (bicyclic) bond motifs is 5. The molecule has 2 heteroatoms. The van der Waals surface area contributed by atoms with Crippen LogP contribution in [0, 0.1) is 0 Å². The second-order valence-corrected chi connectivity index (χ2v) is 4.95. The third-order valence-electron chi connectivity index (χ3n) is 3.74. The Morgan fingerprint density at radius 3 is 2.00 bits per heavy atom. The van der Waals surface area contributed by atoms with Crippen LogP contribution in [0.25, 0.3) is 11.1 Å². The van der Waals surface area contributed by atoms with E-state index in [9.17, 15) is 0 Å². The molecule has 2 aromatic carbocycles. The van der Waals surface area contributed by atoms with Crippen LogP contribution in [0.3, 0.4) is 0 Å². The van der Waals surface area contributed by atoms with Crippen molar-refractivity contribution in [2.75, 3.05) is 6.61 Å². The molecule has 0 bridgehead atoms. The average Bonchev–Trinajstić information content (AvgIpc) is 2.93. The van der Waals surface area contributed by atoms with Crippen molar-refractivity contribution in [1.29, 1.82) is 0 Å². The zero-order valence-electron chi connectivity index (χ0n) is 10.2. The van der Waals surface area contributed by atoms with Gasteiger partial charge in [-0.2, -0.15) is 0 Å². The van der Waals surface area contributed by atoms with E-state index in [0.717, 1.165) is 11.1 Å². The fourth-order valence-corrected chi connectivity index (χ4v) is 3.02. The number of ether oxygens (including phenoxy) is 2. The van der Waals surface area contributed by atoms with Crippen LogP contribution < -0.4 is 0 Å². The number of hydrogen-bond acceptors (Lipinski definition) is 2. The maximum Gasteiger partial charge on any atom is 0.223 e. The molecular formula is C16H14O2. The molecule has 4 rings (SSSR count). The van der Waals surface area contributed by atoms with E-state index in [1.807, 2.05) is 12.1 Å². The first kappa shape index (κ1) is 10.3. The molecule has 90 valence electrons. The highest BCUT2D eigenvalue weighted by atomic mass is 16.7. The number of rotatable bonds is 0. The first-order chi connectivity index (χ1) is 8.81. The normalized spacial score (nSPS) is 23.1. The molecule has 0 N–H and O–H groups in total. The smallest absolute Gasteiger partial charge is 0.223 e. The van der Waals surface area contributed by atoms with Crippen molar-refractivity contribution in [3.8, 4) is 11.1 Å². The van der Waals surface area contributed by atoms with Crippen LogP contribution in [0.1, 0.15) is 18.1 Å². The van der Waals surface area contributed by atoms with Crippen molar-refractivity contribution in [3.05, 3.63) is 59.7 Å². The van der Waals surface area contributed by atoms with Crippen molar-refractivity contribution in [3.63, 3.8) is 0 Å². The molecule has 1 aliphatic heterocycles. The Hall–Kier alpha value is -1.64. The first-order valence-corrected chi connectivity index (χ1v) is 6.32. The van der Waals surface area contributed by atoms with Gasteiger partial charge in [-0.1, -0.05) is 48.5 Å². The van der Waals surface area contributed by atoms with E-state index in [0.29, 0.717) is 6.61 Å².